The quantitative estimate of drug-likeness (QED) is 0.245. The minimum atomic E-state index is -0.420. The Morgan fingerprint density at radius 1 is 0.643 bits per heavy atom. The second-order valence-electron chi connectivity index (χ2n) is 6.18. The number of hydrogen-bond donors (Lipinski definition) is 0. The second-order valence-corrected chi connectivity index (χ2v) is 6.18. The highest BCUT2D eigenvalue weighted by Crippen LogP contribution is 2.11. The van der Waals surface area contributed by atoms with E-state index in [4.69, 9.17) is 0 Å². The summed E-state index contributed by atoms with van der Waals surface area (Å²) in [5.74, 6) is 0. The standard InChI is InChI=1S/C20H22N4O4/c25-23(26)19-9-5-17(6-10-19)15-21-13-3-1-2-4-14-22-16-18-7-11-20(12-8-18)24(27)28/h5-12,15-16H,1-4,13-14H2. The first-order valence-corrected chi connectivity index (χ1v) is 9.05. The molecule has 2 aromatic carbocycles. The molecule has 0 saturated carbocycles. The molecule has 0 heterocycles. The fourth-order valence-corrected chi connectivity index (χ4v) is 2.46. The molecule has 0 atom stereocenters. The van der Waals surface area contributed by atoms with E-state index in [2.05, 4.69) is 9.98 Å². The van der Waals surface area contributed by atoms with Crippen LogP contribution in [-0.4, -0.2) is 35.4 Å². The Morgan fingerprint density at radius 3 is 1.32 bits per heavy atom. The van der Waals surface area contributed by atoms with E-state index in [1.807, 2.05) is 0 Å². The fraction of sp³-hybridized carbons (Fsp3) is 0.300. The van der Waals surface area contributed by atoms with Crippen LogP contribution in [-0.2, 0) is 0 Å². The molecule has 146 valence electrons. The molecular formula is C20H22N4O4. The number of unbranched alkanes of at least 4 members (excludes halogenated alkanes) is 3. The molecule has 0 amide bonds. The van der Waals surface area contributed by atoms with Gasteiger partial charge in [-0.3, -0.25) is 30.2 Å². The van der Waals surface area contributed by atoms with Gasteiger partial charge in [0.15, 0.2) is 0 Å². The van der Waals surface area contributed by atoms with E-state index in [-0.39, 0.29) is 11.4 Å². The average molecular weight is 382 g/mol. The number of aliphatic imine (C=N–C) groups is 2. The van der Waals surface area contributed by atoms with Crippen molar-refractivity contribution in [1.82, 2.24) is 0 Å². The molecule has 0 aliphatic heterocycles. The maximum Gasteiger partial charge on any atom is 0.269 e. The van der Waals surface area contributed by atoms with Crippen LogP contribution >= 0.6 is 0 Å². The van der Waals surface area contributed by atoms with Gasteiger partial charge in [0.05, 0.1) is 9.85 Å². The molecule has 0 spiro atoms. The van der Waals surface area contributed by atoms with Crippen molar-refractivity contribution in [2.75, 3.05) is 13.1 Å². The molecule has 8 nitrogen and oxygen atoms in total. The van der Waals surface area contributed by atoms with Crippen LogP contribution < -0.4 is 0 Å². The third-order valence-corrected chi connectivity index (χ3v) is 4.01. The van der Waals surface area contributed by atoms with Gasteiger partial charge >= 0.3 is 0 Å². The van der Waals surface area contributed by atoms with Crippen LogP contribution in [0.5, 0.6) is 0 Å². The molecule has 0 N–H and O–H groups in total. The Bertz CT molecular complexity index is 759. The normalized spacial score (nSPS) is 11.3. The van der Waals surface area contributed by atoms with E-state index < -0.39 is 9.85 Å². The van der Waals surface area contributed by atoms with Crippen molar-refractivity contribution in [1.29, 1.82) is 0 Å². The predicted octanol–water partition coefficient (Wildman–Crippen LogP) is 4.60. The van der Waals surface area contributed by atoms with Gasteiger partial charge in [-0.05, 0) is 48.2 Å². The highest BCUT2D eigenvalue weighted by atomic mass is 16.6. The minimum Gasteiger partial charge on any atom is -0.293 e. The maximum absolute atomic E-state index is 10.6. The van der Waals surface area contributed by atoms with E-state index in [9.17, 15) is 20.2 Å². The molecule has 0 bridgehead atoms. The summed E-state index contributed by atoms with van der Waals surface area (Å²) in [4.78, 5) is 29.0. The monoisotopic (exact) mass is 382 g/mol. The lowest BCUT2D eigenvalue weighted by Gasteiger charge is -1.98. The fourth-order valence-electron chi connectivity index (χ4n) is 2.46. The summed E-state index contributed by atoms with van der Waals surface area (Å²) in [6.45, 7) is 1.45. The average Bonchev–Trinajstić information content (AvgIpc) is 2.70. The molecule has 2 rings (SSSR count). The molecule has 0 aliphatic rings. The summed E-state index contributed by atoms with van der Waals surface area (Å²) >= 11 is 0. The van der Waals surface area contributed by atoms with Crippen LogP contribution in [0.4, 0.5) is 11.4 Å². The summed E-state index contributed by atoms with van der Waals surface area (Å²) < 4.78 is 0. The Balaban J connectivity index is 1.55. The topological polar surface area (TPSA) is 111 Å². The van der Waals surface area contributed by atoms with Gasteiger partial charge in [-0.2, -0.15) is 0 Å². The van der Waals surface area contributed by atoms with Crippen LogP contribution in [0.25, 0.3) is 0 Å². The van der Waals surface area contributed by atoms with Gasteiger partial charge in [0.2, 0.25) is 0 Å². The van der Waals surface area contributed by atoms with Crippen molar-refractivity contribution < 1.29 is 9.85 Å². The van der Waals surface area contributed by atoms with Crippen molar-refractivity contribution in [3.05, 3.63) is 79.9 Å². The molecular weight excluding hydrogens is 360 g/mol. The Hall–Kier alpha value is -3.42. The molecule has 28 heavy (non-hydrogen) atoms. The lowest BCUT2D eigenvalue weighted by Crippen LogP contribution is -1.90. The van der Waals surface area contributed by atoms with Gasteiger partial charge in [-0.15, -0.1) is 0 Å². The SMILES string of the molecule is O=[N+]([O-])c1ccc(C=NCCCCCCN=Cc2ccc([N+](=O)[O-])cc2)cc1. The second kappa shape index (κ2) is 11.3. The Labute approximate surface area is 163 Å². The highest BCUT2D eigenvalue weighted by Gasteiger charge is 2.03. The van der Waals surface area contributed by atoms with E-state index in [1.165, 1.54) is 24.3 Å². The highest BCUT2D eigenvalue weighted by molar-refractivity contribution is 5.80. The number of hydrogen-bond acceptors (Lipinski definition) is 6. The number of benzene rings is 2. The third-order valence-electron chi connectivity index (χ3n) is 4.01. The van der Waals surface area contributed by atoms with E-state index in [1.54, 1.807) is 36.7 Å². The number of nitrogens with zero attached hydrogens (tertiary/aromatic N) is 4. The van der Waals surface area contributed by atoms with Crippen LogP contribution in [0.1, 0.15) is 36.8 Å². The van der Waals surface area contributed by atoms with Gasteiger partial charge < -0.3 is 0 Å². The summed E-state index contributed by atoms with van der Waals surface area (Å²) in [6.07, 6.45) is 7.55. The van der Waals surface area contributed by atoms with Crippen molar-refractivity contribution in [2.24, 2.45) is 9.98 Å². The molecule has 2 aromatic rings. The molecule has 0 fully saturated rings. The predicted molar refractivity (Wildman–Crippen MR) is 110 cm³/mol. The van der Waals surface area contributed by atoms with Crippen molar-refractivity contribution in [3.8, 4) is 0 Å². The molecule has 0 saturated heterocycles. The van der Waals surface area contributed by atoms with Crippen LogP contribution in [0, 0.1) is 20.2 Å². The van der Waals surface area contributed by atoms with Gasteiger partial charge in [0.25, 0.3) is 11.4 Å². The van der Waals surface area contributed by atoms with Crippen LogP contribution in [0.2, 0.25) is 0 Å². The lowest BCUT2D eigenvalue weighted by molar-refractivity contribution is -0.385. The van der Waals surface area contributed by atoms with Gasteiger partial charge in [0.1, 0.15) is 0 Å². The summed E-state index contributed by atoms with van der Waals surface area (Å²) in [6, 6.07) is 12.6. The Morgan fingerprint density at radius 2 is 1.00 bits per heavy atom. The first-order valence-electron chi connectivity index (χ1n) is 9.05. The number of nitro groups is 2. The van der Waals surface area contributed by atoms with Crippen LogP contribution in [0.15, 0.2) is 58.5 Å². The van der Waals surface area contributed by atoms with E-state index in [0.29, 0.717) is 0 Å². The first-order chi connectivity index (χ1) is 13.6. The number of rotatable bonds is 11. The van der Waals surface area contributed by atoms with E-state index >= 15 is 0 Å². The first kappa shape index (κ1) is 20.9. The van der Waals surface area contributed by atoms with Crippen molar-refractivity contribution >= 4 is 23.8 Å². The maximum atomic E-state index is 10.6. The molecule has 8 heteroatoms. The zero-order valence-corrected chi connectivity index (χ0v) is 15.4. The largest absolute Gasteiger partial charge is 0.293 e. The molecule has 0 unspecified atom stereocenters. The van der Waals surface area contributed by atoms with E-state index in [0.717, 1.165) is 49.9 Å². The van der Waals surface area contributed by atoms with Gasteiger partial charge in [-0.25, -0.2) is 0 Å². The number of nitro benzene ring substituents is 2. The van der Waals surface area contributed by atoms with Gasteiger partial charge in [0, 0.05) is 49.8 Å². The zero-order valence-electron chi connectivity index (χ0n) is 15.4. The van der Waals surface area contributed by atoms with Crippen molar-refractivity contribution in [3.63, 3.8) is 0 Å². The molecule has 0 aliphatic carbocycles. The summed E-state index contributed by atoms with van der Waals surface area (Å²) in [7, 11) is 0. The minimum absolute atomic E-state index is 0.0772. The smallest absolute Gasteiger partial charge is 0.269 e. The van der Waals surface area contributed by atoms with Gasteiger partial charge in [-0.1, -0.05) is 12.8 Å². The number of non-ortho nitro benzene ring substituents is 2. The summed E-state index contributed by atoms with van der Waals surface area (Å²) in [5.41, 5.74) is 1.86. The Kier molecular flexibility index (Phi) is 8.45. The molecule has 0 aromatic heterocycles. The van der Waals surface area contributed by atoms with Crippen molar-refractivity contribution in [2.45, 2.75) is 25.7 Å². The summed E-state index contributed by atoms with van der Waals surface area (Å²) in [5, 5.41) is 21.2. The zero-order chi connectivity index (χ0) is 20.2. The third kappa shape index (κ3) is 7.45. The lowest BCUT2D eigenvalue weighted by atomic mass is 10.2. The van der Waals surface area contributed by atoms with Crippen LogP contribution in [0.3, 0.4) is 0 Å². The molecule has 0 radical (unpaired) electrons.